The Morgan fingerprint density at radius 3 is 3.05 bits per heavy atom. The number of benzene rings is 1. The van der Waals surface area contributed by atoms with E-state index in [2.05, 4.69) is 50.4 Å². The molecular formula is C15H18BrN3O. The Bertz CT molecular complexity index is 589. The van der Waals surface area contributed by atoms with E-state index in [0.29, 0.717) is 11.7 Å². The summed E-state index contributed by atoms with van der Waals surface area (Å²) in [7, 11) is 0. The van der Waals surface area contributed by atoms with Gasteiger partial charge in [0.15, 0.2) is 0 Å². The van der Waals surface area contributed by atoms with Gasteiger partial charge in [-0.05, 0) is 44.0 Å². The molecule has 1 atom stereocenters. The van der Waals surface area contributed by atoms with Crippen LogP contribution in [0, 0.1) is 6.92 Å². The number of rotatable bonds is 2. The molecule has 4 nitrogen and oxygen atoms in total. The second-order valence-corrected chi connectivity index (χ2v) is 6.15. The molecule has 0 amide bonds. The second kappa shape index (κ2) is 6.06. The fourth-order valence-corrected chi connectivity index (χ4v) is 3.20. The summed E-state index contributed by atoms with van der Waals surface area (Å²) in [5, 5.41) is 7.61. The molecule has 1 aliphatic rings. The summed E-state index contributed by atoms with van der Waals surface area (Å²) < 4.78 is 6.45. The Kier molecular flexibility index (Phi) is 4.17. The molecule has 1 N–H and O–H groups in total. The Hall–Kier alpha value is -1.20. The fraction of sp³-hybridized carbons (Fsp3) is 0.467. The maximum Gasteiger partial charge on any atom is 0.244 e. The molecule has 3 rings (SSSR count). The third-order valence-electron chi connectivity index (χ3n) is 3.67. The summed E-state index contributed by atoms with van der Waals surface area (Å²) in [6.07, 6.45) is 4.77. The lowest BCUT2D eigenvalue weighted by Gasteiger charge is -2.09. The normalized spacial score (nSPS) is 19.8. The molecule has 5 heteroatoms. The van der Waals surface area contributed by atoms with Crippen LogP contribution in [0.25, 0.3) is 11.4 Å². The van der Waals surface area contributed by atoms with Gasteiger partial charge in [-0.3, -0.25) is 0 Å². The zero-order valence-corrected chi connectivity index (χ0v) is 13.1. The molecule has 0 bridgehead atoms. The van der Waals surface area contributed by atoms with Crippen molar-refractivity contribution in [2.75, 3.05) is 6.54 Å². The maximum absolute atomic E-state index is 5.45. The van der Waals surface area contributed by atoms with Crippen LogP contribution in [-0.4, -0.2) is 16.7 Å². The van der Waals surface area contributed by atoms with Gasteiger partial charge in [-0.1, -0.05) is 40.0 Å². The summed E-state index contributed by atoms with van der Waals surface area (Å²) in [6, 6.07) is 6.34. The molecule has 0 radical (unpaired) electrons. The SMILES string of the molecule is Cc1ccc(-c2noc(C3CCCCCN3)n2)c(Br)c1. The van der Waals surface area contributed by atoms with Crippen molar-refractivity contribution in [3.05, 3.63) is 34.1 Å². The predicted octanol–water partition coefficient (Wildman–Crippen LogP) is 4.01. The van der Waals surface area contributed by atoms with Gasteiger partial charge in [0.25, 0.3) is 0 Å². The number of hydrogen-bond donors (Lipinski definition) is 1. The van der Waals surface area contributed by atoms with Gasteiger partial charge in [-0.25, -0.2) is 0 Å². The lowest BCUT2D eigenvalue weighted by molar-refractivity contribution is 0.327. The average Bonchev–Trinajstić information content (AvgIpc) is 2.74. The molecule has 2 aromatic rings. The van der Waals surface area contributed by atoms with E-state index in [0.717, 1.165) is 23.0 Å². The van der Waals surface area contributed by atoms with Crippen LogP contribution in [0.3, 0.4) is 0 Å². The van der Waals surface area contributed by atoms with Crippen molar-refractivity contribution in [1.29, 1.82) is 0 Å². The van der Waals surface area contributed by atoms with E-state index < -0.39 is 0 Å². The quantitative estimate of drug-likeness (QED) is 0.900. The van der Waals surface area contributed by atoms with Crippen molar-refractivity contribution in [3.8, 4) is 11.4 Å². The number of aromatic nitrogens is 2. The van der Waals surface area contributed by atoms with E-state index in [9.17, 15) is 0 Å². The molecule has 0 saturated carbocycles. The van der Waals surface area contributed by atoms with E-state index in [1.165, 1.54) is 24.8 Å². The molecule has 1 aromatic carbocycles. The molecule has 1 unspecified atom stereocenters. The minimum absolute atomic E-state index is 0.197. The molecule has 0 aliphatic carbocycles. The summed E-state index contributed by atoms with van der Waals surface area (Å²) in [5.74, 6) is 1.35. The van der Waals surface area contributed by atoms with Crippen LogP contribution >= 0.6 is 15.9 Å². The van der Waals surface area contributed by atoms with Crippen LogP contribution in [0.1, 0.15) is 43.2 Å². The molecule has 2 heterocycles. The zero-order chi connectivity index (χ0) is 13.9. The van der Waals surface area contributed by atoms with Gasteiger partial charge in [-0.2, -0.15) is 4.98 Å². The van der Waals surface area contributed by atoms with Gasteiger partial charge in [-0.15, -0.1) is 0 Å². The Labute approximate surface area is 127 Å². The average molecular weight is 336 g/mol. The highest BCUT2D eigenvalue weighted by molar-refractivity contribution is 9.10. The molecular weight excluding hydrogens is 318 g/mol. The van der Waals surface area contributed by atoms with Crippen molar-refractivity contribution in [2.45, 2.75) is 38.6 Å². The maximum atomic E-state index is 5.45. The number of nitrogens with one attached hydrogen (secondary N) is 1. The first-order valence-electron chi connectivity index (χ1n) is 7.07. The standard InChI is InChI=1S/C15H18BrN3O/c1-10-6-7-11(12(16)9-10)14-18-15(20-19-14)13-5-3-2-4-8-17-13/h6-7,9,13,17H,2-5,8H2,1H3. The highest BCUT2D eigenvalue weighted by Crippen LogP contribution is 2.29. The molecule has 20 heavy (non-hydrogen) atoms. The van der Waals surface area contributed by atoms with Crippen molar-refractivity contribution in [2.24, 2.45) is 0 Å². The van der Waals surface area contributed by atoms with Crippen molar-refractivity contribution in [3.63, 3.8) is 0 Å². The van der Waals surface area contributed by atoms with E-state index in [4.69, 9.17) is 4.52 Å². The topological polar surface area (TPSA) is 51.0 Å². The minimum Gasteiger partial charge on any atom is -0.337 e. The molecule has 1 fully saturated rings. The van der Waals surface area contributed by atoms with Gasteiger partial charge in [0.2, 0.25) is 11.7 Å². The van der Waals surface area contributed by atoms with Crippen molar-refractivity contribution in [1.82, 2.24) is 15.5 Å². The van der Waals surface area contributed by atoms with Gasteiger partial charge < -0.3 is 9.84 Å². The van der Waals surface area contributed by atoms with Gasteiger partial charge in [0.1, 0.15) is 0 Å². The lowest BCUT2D eigenvalue weighted by atomic mass is 10.1. The summed E-state index contributed by atoms with van der Waals surface area (Å²) in [4.78, 5) is 4.57. The van der Waals surface area contributed by atoms with Crippen LogP contribution in [0.2, 0.25) is 0 Å². The number of aryl methyl sites for hydroxylation is 1. The van der Waals surface area contributed by atoms with Gasteiger partial charge in [0, 0.05) is 10.0 Å². The summed E-state index contributed by atoms with van der Waals surface area (Å²) >= 11 is 3.56. The Morgan fingerprint density at radius 2 is 2.20 bits per heavy atom. The fourth-order valence-electron chi connectivity index (χ4n) is 2.53. The van der Waals surface area contributed by atoms with E-state index in [1.807, 2.05) is 6.07 Å². The lowest BCUT2D eigenvalue weighted by Crippen LogP contribution is -2.20. The Morgan fingerprint density at radius 1 is 1.30 bits per heavy atom. The number of halogens is 1. The third kappa shape index (κ3) is 2.94. The summed E-state index contributed by atoms with van der Waals surface area (Å²) in [5.41, 5.74) is 2.18. The first-order chi connectivity index (χ1) is 9.74. The largest absolute Gasteiger partial charge is 0.337 e. The zero-order valence-electron chi connectivity index (χ0n) is 11.5. The monoisotopic (exact) mass is 335 g/mol. The highest BCUT2D eigenvalue weighted by atomic mass is 79.9. The van der Waals surface area contributed by atoms with E-state index >= 15 is 0 Å². The third-order valence-corrected chi connectivity index (χ3v) is 4.32. The van der Waals surface area contributed by atoms with Crippen LogP contribution in [0.5, 0.6) is 0 Å². The van der Waals surface area contributed by atoms with Crippen molar-refractivity contribution < 1.29 is 4.52 Å². The molecule has 1 saturated heterocycles. The highest BCUT2D eigenvalue weighted by Gasteiger charge is 2.21. The predicted molar refractivity (Wildman–Crippen MR) is 81.4 cm³/mol. The van der Waals surface area contributed by atoms with Crippen LogP contribution in [0.15, 0.2) is 27.2 Å². The van der Waals surface area contributed by atoms with Gasteiger partial charge >= 0.3 is 0 Å². The van der Waals surface area contributed by atoms with Gasteiger partial charge in [0.05, 0.1) is 6.04 Å². The van der Waals surface area contributed by atoms with E-state index in [-0.39, 0.29) is 6.04 Å². The van der Waals surface area contributed by atoms with Crippen molar-refractivity contribution >= 4 is 15.9 Å². The molecule has 106 valence electrons. The smallest absolute Gasteiger partial charge is 0.244 e. The Balaban J connectivity index is 1.85. The molecule has 0 spiro atoms. The molecule has 1 aliphatic heterocycles. The van der Waals surface area contributed by atoms with E-state index in [1.54, 1.807) is 0 Å². The second-order valence-electron chi connectivity index (χ2n) is 5.30. The number of nitrogens with zero attached hydrogens (tertiary/aromatic N) is 2. The first-order valence-corrected chi connectivity index (χ1v) is 7.87. The van der Waals surface area contributed by atoms with Crippen LogP contribution in [0.4, 0.5) is 0 Å². The minimum atomic E-state index is 0.197. The summed E-state index contributed by atoms with van der Waals surface area (Å²) in [6.45, 7) is 3.09. The van der Waals surface area contributed by atoms with Crippen LogP contribution < -0.4 is 5.32 Å². The first kappa shape index (κ1) is 13.8. The molecule has 1 aromatic heterocycles. The van der Waals surface area contributed by atoms with Crippen LogP contribution in [-0.2, 0) is 0 Å². The number of hydrogen-bond acceptors (Lipinski definition) is 4.